The van der Waals surface area contributed by atoms with Crippen LogP contribution in [0.15, 0.2) is 47.1 Å². The quantitative estimate of drug-likeness (QED) is 0.871. The average molecular weight is 341 g/mol. The Hall–Kier alpha value is -1.14. The minimum absolute atomic E-state index is 0.392. The van der Waals surface area contributed by atoms with Crippen molar-refractivity contribution in [3.63, 3.8) is 0 Å². The van der Waals surface area contributed by atoms with Crippen LogP contribution in [0.5, 0.6) is 0 Å². The molecule has 1 heterocycles. The van der Waals surface area contributed by atoms with Gasteiger partial charge in [-0.2, -0.15) is 0 Å². The molecule has 22 heavy (non-hydrogen) atoms. The second-order valence-electron chi connectivity index (χ2n) is 6.07. The minimum atomic E-state index is -1.27. The lowest BCUT2D eigenvalue weighted by atomic mass is 9.99. The van der Waals surface area contributed by atoms with Crippen molar-refractivity contribution in [1.82, 2.24) is 4.72 Å². The van der Waals surface area contributed by atoms with E-state index in [1.165, 1.54) is 0 Å². The molecule has 1 aromatic heterocycles. The van der Waals surface area contributed by atoms with Gasteiger partial charge in [0, 0.05) is 5.02 Å². The van der Waals surface area contributed by atoms with E-state index < -0.39 is 27.8 Å². The number of nitrogens with two attached hydrogens (primary N) is 1. The molecule has 0 aliphatic heterocycles. The van der Waals surface area contributed by atoms with Crippen LogP contribution < -0.4 is 10.5 Å². The van der Waals surface area contributed by atoms with Gasteiger partial charge >= 0.3 is 0 Å². The fraction of sp³-hybridized carbons (Fsp3) is 0.375. The van der Waals surface area contributed by atoms with Gasteiger partial charge in [0.15, 0.2) is 0 Å². The predicted molar refractivity (Wildman–Crippen MR) is 90.9 cm³/mol. The number of hydrogen-bond acceptors (Lipinski definition) is 3. The van der Waals surface area contributed by atoms with Gasteiger partial charge in [0.2, 0.25) is 0 Å². The second kappa shape index (κ2) is 6.96. The van der Waals surface area contributed by atoms with Crippen LogP contribution in [0.1, 0.15) is 44.2 Å². The van der Waals surface area contributed by atoms with E-state index in [2.05, 4.69) is 4.72 Å². The zero-order valence-corrected chi connectivity index (χ0v) is 14.4. The van der Waals surface area contributed by atoms with E-state index in [-0.39, 0.29) is 0 Å². The standard InChI is InChI=1S/C16H21ClN2O2S/c1-16(2,3)22(20)19-15(13-5-4-10-21-13)14(18)11-6-8-12(17)9-7-11/h4-10,14-15,19H,18H2,1-3H3/t14-,15+,22-/m0/s1. The molecule has 2 rings (SSSR count). The number of benzene rings is 1. The molecule has 3 atom stereocenters. The number of nitrogens with one attached hydrogen (secondary N) is 1. The first-order valence-corrected chi connectivity index (χ1v) is 8.54. The van der Waals surface area contributed by atoms with Gasteiger partial charge in [-0.3, -0.25) is 0 Å². The summed E-state index contributed by atoms with van der Waals surface area (Å²) in [6.07, 6.45) is 1.58. The van der Waals surface area contributed by atoms with Gasteiger partial charge in [0.1, 0.15) is 5.76 Å². The van der Waals surface area contributed by atoms with Crippen LogP contribution in [0, 0.1) is 0 Å². The number of hydrogen-bond donors (Lipinski definition) is 2. The molecule has 0 bridgehead atoms. The first-order valence-electron chi connectivity index (χ1n) is 7.01. The first-order chi connectivity index (χ1) is 10.3. The summed E-state index contributed by atoms with van der Waals surface area (Å²) < 4.78 is 20.6. The fourth-order valence-electron chi connectivity index (χ4n) is 1.95. The highest BCUT2D eigenvalue weighted by Gasteiger charge is 2.29. The SMILES string of the molecule is CC(C)(C)[S@](=O)N[C@H](c1ccco1)[C@@H](N)c1ccc(Cl)cc1. The Morgan fingerprint density at radius 1 is 1.23 bits per heavy atom. The highest BCUT2D eigenvalue weighted by Crippen LogP contribution is 2.29. The Bertz CT molecular complexity index is 621. The van der Waals surface area contributed by atoms with Gasteiger partial charge < -0.3 is 10.2 Å². The van der Waals surface area contributed by atoms with Crippen molar-refractivity contribution in [2.75, 3.05) is 0 Å². The second-order valence-corrected chi connectivity index (χ2v) is 8.50. The molecule has 120 valence electrons. The molecule has 0 saturated carbocycles. The first kappa shape index (κ1) is 17.2. The molecular formula is C16H21ClN2O2S. The van der Waals surface area contributed by atoms with Crippen LogP contribution in [-0.4, -0.2) is 8.96 Å². The van der Waals surface area contributed by atoms with Crippen molar-refractivity contribution in [2.45, 2.75) is 37.6 Å². The molecule has 2 aromatic rings. The summed E-state index contributed by atoms with van der Waals surface area (Å²) in [5.74, 6) is 0.653. The highest BCUT2D eigenvalue weighted by molar-refractivity contribution is 7.84. The molecule has 0 fully saturated rings. The Kier molecular flexibility index (Phi) is 5.45. The Morgan fingerprint density at radius 3 is 2.36 bits per heavy atom. The summed E-state index contributed by atoms with van der Waals surface area (Å²) in [6.45, 7) is 5.72. The van der Waals surface area contributed by atoms with Gasteiger partial charge in [0.25, 0.3) is 0 Å². The maximum atomic E-state index is 12.4. The molecule has 0 radical (unpaired) electrons. The molecule has 6 heteroatoms. The number of furan rings is 1. The molecule has 0 aliphatic rings. The minimum Gasteiger partial charge on any atom is -0.468 e. The molecule has 0 amide bonds. The van der Waals surface area contributed by atoms with Crippen LogP contribution in [0.25, 0.3) is 0 Å². The average Bonchev–Trinajstić information content (AvgIpc) is 2.97. The zero-order valence-electron chi connectivity index (χ0n) is 12.9. The monoisotopic (exact) mass is 340 g/mol. The summed E-state index contributed by atoms with van der Waals surface area (Å²) in [4.78, 5) is 0. The number of rotatable bonds is 5. The van der Waals surface area contributed by atoms with Crippen molar-refractivity contribution in [3.8, 4) is 0 Å². The Balaban J connectivity index is 2.28. The smallest absolute Gasteiger partial charge is 0.123 e. The van der Waals surface area contributed by atoms with Crippen molar-refractivity contribution in [2.24, 2.45) is 5.73 Å². The topological polar surface area (TPSA) is 68.3 Å². The lowest BCUT2D eigenvalue weighted by molar-refractivity contribution is 0.407. The Morgan fingerprint density at radius 2 is 1.86 bits per heavy atom. The van der Waals surface area contributed by atoms with Crippen LogP contribution in [0.4, 0.5) is 0 Å². The summed E-state index contributed by atoms with van der Waals surface area (Å²) in [6, 6.07) is 10.1. The van der Waals surface area contributed by atoms with Crippen molar-refractivity contribution < 1.29 is 8.63 Å². The number of halogens is 1. The van der Waals surface area contributed by atoms with E-state index in [0.717, 1.165) is 5.56 Å². The highest BCUT2D eigenvalue weighted by atomic mass is 35.5. The van der Waals surface area contributed by atoms with Crippen molar-refractivity contribution in [1.29, 1.82) is 0 Å². The van der Waals surface area contributed by atoms with Crippen LogP contribution in [0.2, 0.25) is 5.02 Å². The van der Waals surface area contributed by atoms with Crippen molar-refractivity contribution in [3.05, 3.63) is 59.0 Å². The van der Waals surface area contributed by atoms with Crippen LogP contribution >= 0.6 is 11.6 Å². The van der Waals surface area contributed by atoms with Gasteiger partial charge in [-0.05, 0) is 50.6 Å². The molecule has 4 nitrogen and oxygen atoms in total. The third kappa shape index (κ3) is 4.20. The van der Waals surface area contributed by atoms with E-state index >= 15 is 0 Å². The molecular weight excluding hydrogens is 320 g/mol. The lowest BCUT2D eigenvalue weighted by Crippen LogP contribution is -2.39. The maximum Gasteiger partial charge on any atom is 0.123 e. The van der Waals surface area contributed by atoms with E-state index in [4.69, 9.17) is 21.8 Å². The van der Waals surface area contributed by atoms with Crippen LogP contribution in [-0.2, 0) is 11.0 Å². The lowest BCUT2D eigenvalue weighted by Gasteiger charge is -2.27. The summed E-state index contributed by atoms with van der Waals surface area (Å²) in [5, 5.41) is 0.650. The normalized spacial score (nSPS) is 16.2. The Labute approximate surface area is 138 Å². The summed E-state index contributed by atoms with van der Waals surface area (Å²) >= 11 is 5.92. The van der Waals surface area contributed by atoms with E-state index in [0.29, 0.717) is 10.8 Å². The third-order valence-corrected chi connectivity index (χ3v) is 5.09. The fourth-order valence-corrected chi connectivity index (χ4v) is 2.92. The molecule has 0 saturated heterocycles. The van der Waals surface area contributed by atoms with Crippen LogP contribution in [0.3, 0.4) is 0 Å². The van der Waals surface area contributed by atoms with Crippen molar-refractivity contribution >= 4 is 22.6 Å². The maximum absolute atomic E-state index is 12.4. The third-order valence-electron chi connectivity index (χ3n) is 3.25. The molecule has 0 aliphatic carbocycles. The molecule has 1 aromatic carbocycles. The summed E-state index contributed by atoms with van der Waals surface area (Å²) in [5.41, 5.74) is 7.26. The van der Waals surface area contributed by atoms with E-state index in [1.54, 1.807) is 24.5 Å². The summed E-state index contributed by atoms with van der Waals surface area (Å²) in [7, 11) is -1.27. The molecule has 0 spiro atoms. The molecule has 0 unspecified atom stereocenters. The van der Waals surface area contributed by atoms with Gasteiger partial charge in [-0.1, -0.05) is 23.7 Å². The molecule has 3 N–H and O–H groups in total. The predicted octanol–water partition coefficient (Wildman–Crippen LogP) is 3.73. The van der Waals surface area contributed by atoms with E-state index in [1.807, 2.05) is 39.0 Å². The largest absolute Gasteiger partial charge is 0.468 e. The zero-order chi connectivity index (χ0) is 16.3. The van der Waals surface area contributed by atoms with Gasteiger partial charge in [-0.25, -0.2) is 8.93 Å². The van der Waals surface area contributed by atoms with Gasteiger partial charge in [0.05, 0.1) is 34.1 Å². The van der Waals surface area contributed by atoms with E-state index in [9.17, 15) is 4.21 Å². The van der Waals surface area contributed by atoms with Gasteiger partial charge in [-0.15, -0.1) is 0 Å².